The van der Waals surface area contributed by atoms with Gasteiger partial charge in [0.2, 0.25) is 0 Å². The molecule has 1 aliphatic heterocycles. The molecule has 0 aromatic carbocycles. The van der Waals surface area contributed by atoms with Gasteiger partial charge in [-0.15, -0.1) is 11.3 Å². The molecule has 1 fully saturated rings. The molecule has 0 spiro atoms. The van der Waals surface area contributed by atoms with Crippen molar-refractivity contribution in [1.82, 2.24) is 10.2 Å². The molecule has 1 aliphatic rings. The maximum Gasteiger partial charge on any atom is 0.263 e. The predicted octanol–water partition coefficient (Wildman–Crippen LogP) is 2.86. The van der Waals surface area contributed by atoms with Crippen LogP contribution in [0.15, 0.2) is 12.1 Å². The van der Waals surface area contributed by atoms with Gasteiger partial charge in [-0.2, -0.15) is 0 Å². The van der Waals surface area contributed by atoms with Gasteiger partial charge in [0.25, 0.3) is 5.91 Å². The van der Waals surface area contributed by atoms with E-state index in [0.717, 1.165) is 43.3 Å². The van der Waals surface area contributed by atoms with E-state index >= 15 is 0 Å². The first-order valence-corrected chi connectivity index (χ1v) is 7.59. The van der Waals surface area contributed by atoms with E-state index in [0.29, 0.717) is 4.34 Å². The number of halogens is 1. The van der Waals surface area contributed by atoms with Gasteiger partial charge in [0.05, 0.1) is 9.21 Å². The summed E-state index contributed by atoms with van der Waals surface area (Å²) in [6.45, 7) is 2.82. The van der Waals surface area contributed by atoms with Crippen LogP contribution in [0.5, 0.6) is 0 Å². The fourth-order valence-electron chi connectivity index (χ4n) is 2.36. The molecular weight excluding hydrogens is 268 g/mol. The molecule has 0 saturated carbocycles. The van der Waals surface area contributed by atoms with Crippen molar-refractivity contribution in [1.29, 1.82) is 0 Å². The molecule has 3 nitrogen and oxygen atoms in total. The Balaban J connectivity index is 1.84. The van der Waals surface area contributed by atoms with E-state index in [1.807, 2.05) is 18.0 Å². The minimum atomic E-state index is 0.138. The number of hydrogen-bond acceptors (Lipinski definition) is 3. The molecule has 1 N–H and O–H groups in total. The number of rotatable bonds is 4. The highest BCUT2D eigenvalue weighted by Gasteiger charge is 2.24. The van der Waals surface area contributed by atoms with Crippen LogP contribution in [0.4, 0.5) is 0 Å². The van der Waals surface area contributed by atoms with Crippen LogP contribution in [0.3, 0.4) is 0 Å². The fourth-order valence-corrected chi connectivity index (χ4v) is 3.37. The van der Waals surface area contributed by atoms with Gasteiger partial charge in [-0.1, -0.05) is 11.6 Å². The van der Waals surface area contributed by atoms with Crippen molar-refractivity contribution in [2.75, 3.05) is 26.7 Å². The van der Waals surface area contributed by atoms with Gasteiger partial charge in [0.1, 0.15) is 0 Å². The van der Waals surface area contributed by atoms with Gasteiger partial charge in [0.15, 0.2) is 0 Å². The number of carbonyl (C=O) groups excluding carboxylic acids is 1. The lowest BCUT2D eigenvalue weighted by molar-refractivity contribution is 0.0692. The van der Waals surface area contributed by atoms with E-state index in [-0.39, 0.29) is 5.91 Å². The van der Waals surface area contributed by atoms with Crippen molar-refractivity contribution in [3.8, 4) is 0 Å². The Morgan fingerprint density at radius 3 is 2.78 bits per heavy atom. The molecule has 0 atom stereocenters. The molecule has 1 saturated heterocycles. The molecule has 1 amide bonds. The van der Waals surface area contributed by atoms with E-state index in [2.05, 4.69) is 5.32 Å². The zero-order valence-electron chi connectivity index (χ0n) is 10.6. The highest BCUT2D eigenvalue weighted by Crippen LogP contribution is 2.26. The fraction of sp³-hybridized carbons (Fsp3) is 0.615. The zero-order valence-corrected chi connectivity index (χ0v) is 12.2. The summed E-state index contributed by atoms with van der Waals surface area (Å²) in [5, 5.41) is 3.18. The summed E-state index contributed by atoms with van der Waals surface area (Å²) < 4.78 is 0.683. The summed E-state index contributed by atoms with van der Waals surface area (Å²) in [5.41, 5.74) is 0. The highest BCUT2D eigenvalue weighted by atomic mass is 35.5. The van der Waals surface area contributed by atoms with E-state index in [9.17, 15) is 4.79 Å². The molecule has 2 rings (SSSR count). The largest absolute Gasteiger partial charge is 0.338 e. The minimum Gasteiger partial charge on any atom is -0.338 e. The Morgan fingerprint density at radius 2 is 2.22 bits per heavy atom. The van der Waals surface area contributed by atoms with Crippen LogP contribution in [-0.4, -0.2) is 37.5 Å². The second-order valence-electron chi connectivity index (χ2n) is 4.73. The maximum atomic E-state index is 12.2. The molecule has 0 unspecified atom stereocenters. The second-order valence-corrected chi connectivity index (χ2v) is 6.45. The number of piperidine rings is 1. The molecule has 100 valence electrons. The van der Waals surface area contributed by atoms with Crippen molar-refractivity contribution >= 4 is 28.8 Å². The van der Waals surface area contributed by atoms with Crippen molar-refractivity contribution < 1.29 is 4.79 Å². The average Bonchev–Trinajstić information content (AvgIpc) is 2.83. The summed E-state index contributed by atoms with van der Waals surface area (Å²) in [6.07, 6.45) is 3.45. The van der Waals surface area contributed by atoms with Gasteiger partial charge in [-0.3, -0.25) is 4.79 Å². The predicted molar refractivity (Wildman–Crippen MR) is 76.5 cm³/mol. The van der Waals surface area contributed by atoms with E-state index in [1.54, 1.807) is 6.07 Å². The molecule has 0 bridgehead atoms. The zero-order chi connectivity index (χ0) is 13.0. The van der Waals surface area contributed by atoms with Crippen molar-refractivity contribution in [3.63, 3.8) is 0 Å². The Bertz CT molecular complexity index is 399. The third-order valence-corrected chi connectivity index (χ3v) is 4.71. The molecule has 1 aromatic rings. The van der Waals surface area contributed by atoms with Crippen LogP contribution >= 0.6 is 22.9 Å². The lowest BCUT2D eigenvalue weighted by Crippen LogP contribution is -2.38. The summed E-state index contributed by atoms with van der Waals surface area (Å²) in [4.78, 5) is 14.9. The Kier molecular flexibility index (Phi) is 5.03. The number of amides is 1. The molecular formula is C13H19ClN2OS. The van der Waals surface area contributed by atoms with Gasteiger partial charge >= 0.3 is 0 Å². The smallest absolute Gasteiger partial charge is 0.263 e. The van der Waals surface area contributed by atoms with Gasteiger partial charge in [0, 0.05) is 13.1 Å². The third-order valence-electron chi connectivity index (χ3n) is 3.49. The number of likely N-dealkylation sites (tertiary alicyclic amines) is 1. The quantitative estimate of drug-likeness (QED) is 0.923. The molecule has 0 radical (unpaired) electrons. The average molecular weight is 287 g/mol. The Labute approximate surface area is 117 Å². The van der Waals surface area contributed by atoms with Crippen molar-refractivity contribution in [2.45, 2.75) is 19.3 Å². The highest BCUT2D eigenvalue weighted by molar-refractivity contribution is 7.17. The topological polar surface area (TPSA) is 32.3 Å². The van der Waals surface area contributed by atoms with Crippen LogP contribution in [0.25, 0.3) is 0 Å². The Morgan fingerprint density at radius 1 is 1.50 bits per heavy atom. The van der Waals surface area contributed by atoms with Crippen LogP contribution in [0.1, 0.15) is 28.9 Å². The number of carbonyl (C=O) groups is 1. The summed E-state index contributed by atoms with van der Waals surface area (Å²) in [7, 11) is 1.99. The molecule has 5 heteroatoms. The van der Waals surface area contributed by atoms with Crippen LogP contribution < -0.4 is 5.32 Å². The van der Waals surface area contributed by atoms with E-state index in [1.165, 1.54) is 17.8 Å². The monoisotopic (exact) mass is 286 g/mol. The summed E-state index contributed by atoms with van der Waals surface area (Å²) in [6, 6.07) is 3.61. The number of hydrogen-bond donors (Lipinski definition) is 1. The molecule has 1 aromatic heterocycles. The SMILES string of the molecule is CNCCC1CCN(C(=O)c2ccc(Cl)s2)CC1. The summed E-state index contributed by atoms with van der Waals surface area (Å²) >= 11 is 7.23. The van der Waals surface area contributed by atoms with E-state index in [4.69, 9.17) is 11.6 Å². The molecule has 2 heterocycles. The van der Waals surface area contributed by atoms with Gasteiger partial charge in [-0.25, -0.2) is 0 Å². The van der Waals surface area contributed by atoms with Gasteiger partial charge < -0.3 is 10.2 Å². The minimum absolute atomic E-state index is 0.138. The maximum absolute atomic E-state index is 12.2. The number of nitrogens with zero attached hydrogens (tertiary/aromatic N) is 1. The standard InChI is InChI=1S/C13H19ClN2OS/c1-15-7-4-10-5-8-16(9-6-10)13(17)11-2-3-12(14)18-11/h2-3,10,15H,4-9H2,1H3. The summed E-state index contributed by atoms with van der Waals surface area (Å²) in [5.74, 6) is 0.896. The second kappa shape index (κ2) is 6.55. The Hall–Kier alpha value is -0.580. The van der Waals surface area contributed by atoms with E-state index < -0.39 is 0 Å². The lowest BCUT2D eigenvalue weighted by Gasteiger charge is -2.31. The first-order valence-electron chi connectivity index (χ1n) is 6.40. The van der Waals surface area contributed by atoms with Crippen LogP contribution in [0.2, 0.25) is 4.34 Å². The van der Waals surface area contributed by atoms with Crippen LogP contribution in [-0.2, 0) is 0 Å². The molecule has 18 heavy (non-hydrogen) atoms. The first-order chi connectivity index (χ1) is 8.70. The molecule has 0 aliphatic carbocycles. The first kappa shape index (κ1) is 13.8. The third kappa shape index (κ3) is 3.46. The lowest BCUT2D eigenvalue weighted by atomic mass is 9.93. The van der Waals surface area contributed by atoms with Crippen molar-refractivity contribution in [3.05, 3.63) is 21.3 Å². The normalized spacial score (nSPS) is 17.1. The van der Waals surface area contributed by atoms with Crippen molar-refractivity contribution in [2.24, 2.45) is 5.92 Å². The number of thiophene rings is 1. The number of nitrogens with one attached hydrogen (secondary N) is 1. The van der Waals surface area contributed by atoms with Crippen LogP contribution in [0, 0.1) is 5.92 Å². The van der Waals surface area contributed by atoms with Gasteiger partial charge in [-0.05, 0) is 50.9 Å².